The summed E-state index contributed by atoms with van der Waals surface area (Å²) in [5.41, 5.74) is 2.46. The number of amides is 2. The van der Waals surface area contributed by atoms with Crippen LogP contribution in [-0.4, -0.2) is 65.8 Å². The standard InChI is InChI=1S/C25H26ClN3O2S2/c26-19-6-4-18(5-7-19)24-20-9-16-33-21(20)8-12-29(24)17-23(30)27-10-2-11-28(14-13-27)25(31)22-3-1-15-32-22/h1,3-7,9,15-16,24H,2,8,10-14,17H2/t24-/m0/s1. The number of carbonyl (C=O) groups is 2. The first-order valence-corrected chi connectivity index (χ1v) is 13.4. The van der Waals surface area contributed by atoms with Crippen molar-refractivity contribution in [2.45, 2.75) is 18.9 Å². The molecule has 5 rings (SSSR count). The third-order valence-electron chi connectivity index (χ3n) is 6.46. The Kier molecular flexibility index (Phi) is 6.83. The summed E-state index contributed by atoms with van der Waals surface area (Å²) in [6, 6.07) is 14.0. The maximum atomic E-state index is 13.4. The zero-order valence-corrected chi connectivity index (χ0v) is 20.7. The molecule has 2 aromatic heterocycles. The van der Waals surface area contributed by atoms with Crippen molar-refractivity contribution in [3.05, 3.63) is 79.1 Å². The molecule has 0 saturated carbocycles. The average Bonchev–Trinajstić information content (AvgIpc) is 3.47. The van der Waals surface area contributed by atoms with Crippen LogP contribution >= 0.6 is 34.3 Å². The molecule has 0 radical (unpaired) electrons. The molecule has 0 N–H and O–H groups in total. The quantitative estimate of drug-likeness (QED) is 0.518. The Hall–Kier alpha value is -2.19. The van der Waals surface area contributed by atoms with Gasteiger partial charge in [0.2, 0.25) is 5.91 Å². The lowest BCUT2D eigenvalue weighted by Gasteiger charge is -2.37. The normalized spacial score (nSPS) is 19.2. The lowest BCUT2D eigenvalue weighted by atomic mass is 9.93. The molecule has 4 heterocycles. The van der Waals surface area contributed by atoms with E-state index >= 15 is 0 Å². The van der Waals surface area contributed by atoms with Gasteiger partial charge in [-0.2, -0.15) is 0 Å². The van der Waals surface area contributed by atoms with Gasteiger partial charge >= 0.3 is 0 Å². The van der Waals surface area contributed by atoms with Gasteiger partial charge in [0, 0.05) is 42.6 Å². The molecule has 8 heteroatoms. The topological polar surface area (TPSA) is 43.9 Å². The predicted octanol–water partition coefficient (Wildman–Crippen LogP) is 4.79. The first kappa shape index (κ1) is 22.6. The maximum absolute atomic E-state index is 13.4. The van der Waals surface area contributed by atoms with Crippen molar-refractivity contribution in [2.24, 2.45) is 0 Å². The summed E-state index contributed by atoms with van der Waals surface area (Å²) in [4.78, 5) is 34.4. The lowest BCUT2D eigenvalue weighted by Crippen LogP contribution is -2.45. The molecular formula is C25H26ClN3O2S2. The number of rotatable bonds is 4. The molecule has 0 aliphatic carbocycles. The fourth-order valence-corrected chi connectivity index (χ4v) is 6.49. The van der Waals surface area contributed by atoms with Crippen LogP contribution in [0, 0.1) is 0 Å². The molecule has 172 valence electrons. The van der Waals surface area contributed by atoms with Crippen LogP contribution in [-0.2, 0) is 11.2 Å². The summed E-state index contributed by atoms with van der Waals surface area (Å²) < 4.78 is 0. The first-order chi connectivity index (χ1) is 16.1. The van der Waals surface area contributed by atoms with E-state index in [2.05, 4.69) is 28.5 Å². The maximum Gasteiger partial charge on any atom is 0.263 e. The van der Waals surface area contributed by atoms with Gasteiger partial charge < -0.3 is 9.80 Å². The van der Waals surface area contributed by atoms with E-state index in [1.54, 1.807) is 11.3 Å². The molecule has 1 atom stereocenters. The Morgan fingerprint density at radius 2 is 1.70 bits per heavy atom. The SMILES string of the molecule is O=C(CN1CCc2sccc2[C@@H]1c1ccc(Cl)cc1)N1CCCN(C(=O)c2cccs2)CC1. The number of benzene rings is 1. The molecule has 3 aromatic rings. The van der Waals surface area contributed by atoms with Gasteiger partial charge in [-0.05, 0) is 59.0 Å². The minimum Gasteiger partial charge on any atom is -0.340 e. The van der Waals surface area contributed by atoms with Crippen LogP contribution < -0.4 is 0 Å². The van der Waals surface area contributed by atoms with E-state index < -0.39 is 0 Å². The molecule has 2 amide bonds. The minimum atomic E-state index is 0.0603. The van der Waals surface area contributed by atoms with Crippen molar-refractivity contribution in [1.82, 2.24) is 14.7 Å². The Bertz CT molecular complexity index is 1110. The zero-order chi connectivity index (χ0) is 22.8. The van der Waals surface area contributed by atoms with Crippen LogP contribution in [0.4, 0.5) is 0 Å². The van der Waals surface area contributed by atoms with Gasteiger partial charge in [-0.1, -0.05) is 29.8 Å². The molecule has 0 unspecified atom stereocenters. The van der Waals surface area contributed by atoms with Crippen LogP contribution in [0.25, 0.3) is 0 Å². The third kappa shape index (κ3) is 4.87. The van der Waals surface area contributed by atoms with E-state index in [-0.39, 0.29) is 17.9 Å². The van der Waals surface area contributed by atoms with Gasteiger partial charge in [0.1, 0.15) is 0 Å². The number of carbonyl (C=O) groups excluding carboxylic acids is 2. The summed E-state index contributed by atoms with van der Waals surface area (Å²) in [6.45, 7) is 3.77. The Morgan fingerprint density at radius 3 is 2.48 bits per heavy atom. The van der Waals surface area contributed by atoms with Gasteiger partial charge in [-0.25, -0.2) is 0 Å². The highest BCUT2D eigenvalue weighted by atomic mass is 35.5. The molecule has 5 nitrogen and oxygen atoms in total. The average molecular weight is 500 g/mol. The second-order valence-corrected chi connectivity index (χ2v) is 10.9. The Balaban J connectivity index is 1.28. The van der Waals surface area contributed by atoms with Gasteiger partial charge in [0.05, 0.1) is 17.5 Å². The van der Waals surface area contributed by atoms with E-state index in [0.29, 0.717) is 37.7 Å². The summed E-state index contributed by atoms with van der Waals surface area (Å²) in [6.07, 6.45) is 1.77. The molecule has 1 saturated heterocycles. The monoisotopic (exact) mass is 499 g/mol. The lowest BCUT2D eigenvalue weighted by molar-refractivity contribution is -0.132. The molecule has 33 heavy (non-hydrogen) atoms. The van der Waals surface area contributed by atoms with Gasteiger partial charge in [0.15, 0.2) is 0 Å². The van der Waals surface area contributed by atoms with Crippen LogP contribution in [0.15, 0.2) is 53.2 Å². The van der Waals surface area contributed by atoms with E-state index in [0.717, 1.165) is 29.8 Å². The highest BCUT2D eigenvalue weighted by Crippen LogP contribution is 2.38. The molecule has 1 aromatic carbocycles. The third-order valence-corrected chi connectivity index (χ3v) is 8.56. The number of nitrogens with zero attached hydrogens (tertiary/aromatic N) is 3. The molecule has 2 aliphatic heterocycles. The zero-order valence-electron chi connectivity index (χ0n) is 18.3. The minimum absolute atomic E-state index is 0.0603. The number of hydrogen-bond donors (Lipinski definition) is 0. The van der Waals surface area contributed by atoms with Crippen molar-refractivity contribution in [2.75, 3.05) is 39.3 Å². The summed E-state index contributed by atoms with van der Waals surface area (Å²) in [5.74, 6) is 0.209. The number of halogens is 1. The van der Waals surface area contributed by atoms with E-state index in [1.165, 1.54) is 21.8 Å². The van der Waals surface area contributed by atoms with E-state index in [1.807, 2.05) is 39.4 Å². The van der Waals surface area contributed by atoms with Crippen molar-refractivity contribution in [3.8, 4) is 0 Å². The van der Waals surface area contributed by atoms with Crippen molar-refractivity contribution >= 4 is 46.1 Å². The fourth-order valence-electron chi connectivity index (χ4n) is 4.77. The van der Waals surface area contributed by atoms with E-state index in [4.69, 9.17) is 11.6 Å². The van der Waals surface area contributed by atoms with Crippen molar-refractivity contribution in [1.29, 1.82) is 0 Å². The largest absolute Gasteiger partial charge is 0.340 e. The Labute approximate surface area is 207 Å². The first-order valence-electron chi connectivity index (χ1n) is 11.3. The second-order valence-electron chi connectivity index (χ2n) is 8.48. The number of hydrogen-bond acceptors (Lipinski definition) is 5. The highest BCUT2D eigenvalue weighted by molar-refractivity contribution is 7.12. The van der Waals surface area contributed by atoms with Crippen LogP contribution in [0.3, 0.4) is 0 Å². The van der Waals surface area contributed by atoms with Crippen LogP contribution in [0.5, 0.6) is 0 Å². The van der Waals surface area contributed by atoms with Gasteiger partial charge in [0.25, 0.3) is 5.91 Å². The molecular weight excluding hydrogens is 474 g/mol. The molecule has 0 spiro atoms. The molecule has 0 bridgehead atoms. The van der Waals surface area contributed by atoms with Crippen LogP contribution in [0.1, 0.15) is 38.1 Å². The summed E-state index contributed by atoms with van der Waals surface area (Å²) in [5, 5.41) is 4.79. The number of fused-ring (bicyclic) bond motifs is 1. The predicted molar refractivity (Wildman–Crippen MR) is 134 cm³/mol. The summed E-state index contributed by atoms with van der Waals surface area (Å²) in [7, 11) is 0. The summed E-state index contributed by atoms with van der Waals surface area (Å²) >= 11 is 9.40. The fraction of sp³-hybridized carbons (Fsp3) is 0.360. The number of thiophene rings is 2. The molecule has 1 fully saturated rings. The van der Waals surface area contributed by atoms with Crippen molar-refractivity contribution in [3.63, 3.8) is 0 Å². The van der Waals surface area contributed by atoms with Gasteiger partial charge in [-0.3, -0.25) is 14.5 Å². The van der Waals surface area contributed by atoms with Gasteiger partial charge in [-0.15, -0.1) is 22.7 Å². The Morgan fingerprint density at radius 1 is 0.909 bits per heavy atom. The van der Waals surface area contributed by atoms with Crippen molar-refractivity contribution < 1.29 is 9.59 Å². The van der Waals surface area contributed by atoms with Crippen LogP contribution in [0.2, 0.25) is 5.02 Å². The smallest absolute Gasteiger partial charge is 0.263 e. The second kappa shape index (κ2) is 9.97. The van der Waals surface area contributed by atoms with E-state index in [9.17, 15) is 9.59 Å². The molecule has 2 aliphatic rings. The highest BCUT2D eigenvalue weighted by Gasteiger charge is 2.32.